The normalized spacial score (nSPS) is 20.7. The van der Waals surface area contributed by atoms with Crippen LogP contribution in [0.5, 0.6) is 5.75 Å². The van der Waals surface area contributed by atoms with Crippen molar-refractivity contribution >= 4 is 29.9 Å². The highest BCUT2D eigenvalue weighted by molar-refractivity contribution is 5.88. The molecule has 49 heavy (non-hydrogen) atoms. The van der Waals surface area contributed by atoms with E-state index in [1.807, 2.05) is 55.3 Å². The summed E-state index contributed by atoms with van der Waals surface area (Å²) >= 11 is 0. The summed E-state index contributed by atoms with van der Waals surface area (Å²) in [6.45, 7) is 12.2. The molecule has 1 aliphatic carbocycles. The summed E-state index contributed by atoms with van der Waals surface area (Å²) in [6, 6.07) is 14.6. The third-order valence-corrected chi connectivity index (χ3v) is 9.35. The summed E-state index contributed by atoms with van der Waals surface area (Å²) in [5, 5.41) is 27.1. The van der Waals surface area contributed by atoms with E-state index >= 15 is 0 Å². The standard InChI is InChI=1S/C35H49N9O2.CH2O2/c1-23-11-10-12-24(2)44(23)34-39-38-31-18-15-25(22-42(31)34)46-29-17-16-28(26-13-8-9-14-27(26)29)36-33(45)37-32-21-30(35(3,4)5)40-43(32)20-19-41(6)7;2-1-3/h8-9,13-15,18,21-24,28-29H,10-12,16-17,19-20H2,1-7H3,(H2,36,37,45);1H,(H,2,3)/t23-,24+,28-,29+;/m0./s1. The van der Waals surface area contributed by atoms with Gasteiger partial charge in [0, 0.05) is 30.1 Å². The molecule has 6 rings (SSSR count). The number of nitrogens with one attached hydrogen (secondary N) is 2. The summed E-state index contributed by atoms with van der Waals surface area (Å²) in [5.74, 6) is 2.35. The monoisotopic (exact) mass is 673 g/mol. The van der Waals surface area contributed by atoms with Crippen LogP contribution in [-0.4, -0.2) is 79.6 Å². The first-order chi connectivity index (χ1) is 23.4. The molecule has 0 saturated carbocycles. The third kappa shape index (κ3) is 8.33. The van der Waals surface area contributed by atoms with Crippen LogP contribution in [-0.2, 0) is 16.8 Å². The summed E-state index contributed by atoms with van der Waals surface area (Å²) in [4.78, 5) is 26.3. The number of pyridine rings is 1. The van der Waals surface area contributed by atoms with E-state index in [4.69, 9.17) is 19.7 Å². The van der Waals surface area contributed by atoms with Crippen molar-refractivity contribution in [1.29, 1.82) is 0 Å². The first kappa shape index (κ1) is 35.7. The quantitative estimate of drug-likeness (QED) is 0.191. The van der Waals surface area contributed by atoms with Crippen LogP contribution in [0.25, 0.3) is 5.65 Å². The Kier molecular flexibility index (Phi) is 11.1. The lowest BCUT2D eigenvalue weighted by molar-refractivity contribution is -0.122. The topological polar surface area (TPSA) is 142 Å². The van der Waals surface area contributed by atoms with Gasteiger partial charge >= 0.3 is 6.03 Å². The van der Waals surface area contributed by atoms with Gasteiger partial charge < -0.3 is 25.0 Å². The van der Waals surface area contributed by atoms with Gasteiger partial charge in [0.25, 0.3) is 6.47 Å². The Balaban J connectivity index is 0.00000151. The van der Waals surface area contributed by atoms with Crippen LogP contribution in [0.1, 0.15) is 95.7 Å². The van der Waals surface area contributed by atoms with E-state index in [1.165, 1.54) is 6.42 Å². The highest BCUT2D eigenvalue weighted by Crippen LogP contribution is 2.39. The maximum absolute atomic E-state index is 13.4. The predicted octanol–water partition coefficient (Wildman–Crippen LogP) is 6.03. The zero-order chi connectivity index (χ0) is 35.3. The van der Waals surface area contributed by atoms with Crippen molar-refractivity contribution in [1.82, 2.24) is 34.6 Å². The molecule has 1 saturated heterocycles. The number of benzene rings is 1. The number of carbonyl (C=O) groups excluding carboxylic acids is 1. The van der Waals surface area contributed by atoms with Crippen LogP contribution in [0.2, 0.25) is 0 Å². The second-order valence-corrected chi connectivity index (χ2v) is 14.4. The van der Waals surface area contributed by atoms with E-state index in [9.17, 15) is 4.79 Å². The molecule has 0 radical (unpaired) electrons. The van der Waals surface area contributed by atoms with Crippen molar-refractivity contribution in [2.45, 2.75) is 103 Å². The Morgan fingerprint density at radius 2 is 1.73 bits per heavy atom. The molecule has 1 fully saturated rings. The van der Waals surface area contributed by atoms with E-state index in [0.29, 0.717) is 24.4 Å². The number of carboxylic acid groups (broad SMARTS) is 1. The first-order valence-electron chi connectivity index (χ1n) is 17.2. The average molecular weight is 674 g/mol. The van der Waals surface area contributed by atoms with E-state index in [0.717, 1.165) is 66.4 Å². The number of likely N-dealkylation sites (N-methyl/N-ethyl adjacent to an activating group) is 1. The zero-order valence-electron chi connectivity index (χ0n) is 29.8. The molecule has 1 aliphatic heterocycles. The van der Waals surface area contributed by atoms with Crippen molar-refractivity contribution < 1.29 is 19.4 Å². The van der Waals surface area contributed by atoms with E-state index in [-0.39, 0.29) is 30.1 Å². The molecule has 4 atom stereocenters. The SMILES string of the molecule is C[C@@H]1CCC[C@H](C)N1c1nnc2ccc(O[C@@H]3CC[C@H](NC(=O)Nc4cc(C(C)(C)C)nn4CCN(C)C)c4ccccc43)cn12.O=CO. The first-order valence-corrected chi connectivity index (χ1v) is 17.2. The summed E-state index contributed by atoms with van der Waals surface area (Å²) in [5.41, 5.74) is 3.80. The van der Waals surface area contributed by atoms with Gasteiger partial charge in [-0.1, -0.05) is 45.0 Å². The summed E-state index contributed by atoms with van der Waals surface area (Å²) in [6.07, 6.45) is 6.95. The molecule has 0 bridgehead atoms. The molecule has 3 aromatic heterocycles. The van der Waals surface area contributed by atoms with Crippen molar-refractivity contribution in [3.63, 3.8) is 0 Å². The van der Waals surface area contributed by atoms with Gasteiger partial charge in [-0.25, -0.2) is 9.48 Å². The van der Waals surface area contributed by atoms with Gasteiger partial charge in [-0.2, -0.15) is 5.10 Å². The number of hydrogen-bond acceptors (Lipinski definition) is 8. The molecule has 1 aromatic carbocycles. The third-order valence-electron chi connectivity index (χ3n) is 9.35. The number of amides is 2. The van der Waals surface area contributed by atoms with Crippen LogP contribution in [0, 0.1) is 0 Å². The number of ether oxygens (including phenoxy) is 1. The smallest absolute Gasteiger partial charge is 0.320 e. The van der Waals surface area contributed by atoms with Crippen molar-refractivity contribution in [2.24, 2.45) is 0 Å². The fraction of sp³-hybridized carbons (Fsp3) is 0.528. The maximum Gasteiger partial charge on any atom is 0.320 e. The van der Waals surface area contributed by atoms with Crippen LogP contribution in [0.15, 0.2) is 48.7 Å². The van der Waals surface area contributed by atoms with Gasteiger partial charge in [-0.3, -0.25) is 14.5 Å². The van der Waals surface area contributed by atoms with Crippen LogP contribution < -0.4 is 20.3 Å². The number of piperidine rings is 1. The Morgan fingerprint density at radius 1 is 1.04 bits per heavy atom. The lowest BCUT2D eigenvalue weighted by Gasteiger charge is -2.39. The van der Waals surface area contributed by atoms with Crippen LogP contribution in [0.4, 0.5) is 16.6 Å². The maximum atomic E-state index is 13.4. The summed E-state index contributed by atoms with van der Waals surface area (Å²) in [7, 11) is 4.07. The highest BCUT2D eigenvalue weighted by atomic mass is 16.5. The van der Waals surface area contributed by atoms with Gasteiger partial charge in [0.1, 0.15) is 17.7 Å². The largest absolute Gasteiger partial charge is 0.484 e. The molecule has 3 N–H and O–H groups in total. The Hall–Kier alpha value is -4.65. The number of nitrogens with zero attached hydrogens (tertiary/aromatic N) is 7. The number of hydrogen-bond donors (Lipinski definition) is 3. The lowest BCUT2D eigenvalue weighted by Crippen LogP contribution is -2.44. The highest BCUT2D eigenvalue weighted by Gasteiger charge is 2.31. The number of aromatic nitrogens is 5. The number of fused-ring (bicyclic) bond motifs is 2. The fourth-order valence-corrected chi connectivity index (χ4v) is 6.77. The molecule has 13 heteroatoms. The Labute approximate surface area is 288 Å². The minimum atomic E-state index is -0.250. The molecule has 2 amide bonds. The number of anilines is 2. The average Bonchev–Trinajstić information content (AvgIpc) is 3.65. The van der Waals surface area contributed by atoms with E-state index < -0.39 is 0 Å². The van der Waals surface area contributed by atoms with E-state index in [1.54, 1.807) is 0 Å². The minimum absolute atomic E-state index is 0.127. The van der Waals surface area contributed by atoms with Gasteiger partial charge in [-0.15, -0.1) is 10.2 Å². The van der Waals surface area contributed by atoms with Gasteiger partial charge in [0.05, 0.1) is 24.5 Å². The molecular formula is C36H51N9O4. The number of carbonyl (C=O) groups is 2. The number of urea groups is 1. The second kappa shape index (κ2) is 15.3. The Morgan fingerprint density at radius 3 is 2.41 bits per heavy atom. The minimum Gasteiger partial charge on any atom is -0.484 e. The van der Waals surface area contributed by atoms with Gasteiger partial charge in [0.15, 0.2) is 5.65 Å². The fourth-order valence-electron chi connectivity index (χ4n) is 6.77. The van der Waals surface area contributed by atoms with Gasteiger partial charge in [0.2, 0.25) is 5.95 Å². The Bertz CT molecular complexity index is 1720. The molecule has 4 aromatic rings. The number of rotatable bonds is 8. The predicted molar refractivity (Wildman–Crippen MR) is 190 cm³/mol. The van der Waals surface area contributed by atoms with E-state index in [2.05, 4.69) is 81.8 Å². The van der Waals surface area contributed by atoms with Crippen molar-refractivity contribution in [2.75, 3.05) is 30.9 Å². The second-order valence-electron chi connectivity index (χ2n) is 14.4. The van der Waals surface area contributed by atoms with Crippen LogP contribution >= 0.6 is 0 Å². The molecule has 0 spiro atoms. The molecule has 0 unspecified atom stereocenters. The lowest BCUT2D eigenvalue weighted by atomic mass is 9.85. The van der Waals surface area contributed by atoms with Gasteiger partial charge in [-0.05, 0) is 83.3 Å². The van der Waals surface area contributed by atoms with Crippen molar-refractivity contribution in [3.05, 3.63) is 65.5 Å². The molecule has 264 valence electrons. The van der Waals surface area contributed by atoms with Crippen LogP contribution in [0.3, 0.4) is 0 Å². The molecule has 13 nitrogen and oxygen atoms in total. The molecule has 4 heterocycles. The molecule has 2 aliphatic rings. The van der Waals surface area contributed by atoms with Crippen molar-refractivity contribution in [3.8, 4) is 5.75 Å². The zero-order valence-corrected chi connectivity index (χ0v) is 29.8. The summed E-state index contributed by atoms with van der Waals surface area (Å²) < 4.78 is 10.6. The molecular weight excluding hydrogens is 622 g/mol.